The average molecular weight is 280 g/mol. The first-order valence-electron chi connectivity index (χ1n) is 6.60. The van der Waals surface area contributed by atoms with E-state index in [1.54, 1.807) is 24.8 Å². The van der Waals surface area contributed by atoms with Gasteiger partial charge in [-0.15, -0.1) is 0 Å². The van der Waals surface area contributed by atoms with Crippen LogP contribution in [0, 0.1) is 18.2 Å². The average Bonchev–Trinajstić information content (AvgIpc) is 2.33. The summed E-state index contributed by atoms with van der Waals surface area (Å²) in [6.45, 7) is 8.43. The Morgan fingerprint density at radius 1 is 1.37 bits per heavy atom. The van der Waals surface area contributed by atoms with Gasteiger partial charge in [0, 0.05) is 11.4 Å². The van der Waals surface area contributed by atoms with Gasteiger partial charge in [-0.3, -0.25) is 4.99 Å². The summed E-state index contributed by atoms with van der Waals surface area (Å²) in [7, 11) is 0. The van der Waals surface area contributed by atoms with Crippen molar-refractivity contribution in [2.45, 2.75) is 40.2 Å². The number of nitrogens with one attached hydrogen (secondary N) is 1. The van der Waals surface area contributed by atoms with Gasteiger partial charge in [0.2, 0.25) is 0 Å². The molecule has 0 saturated carbocycles. The number of hydrogen-bond donors (Lipinski definition) is 1. The number of anilines is 1. The molecule has 1 aromatic rings. The number of rotatable bonds is 1. The Morgan fingerprint density at radius 2 is 2.11 bits per heavy atom. The standard InChI is InChI=1S/C15H21FN2S/c1-10-9-11(5-6-12(10)16)17-14-18-13(7-8-19-14)15(2,3)4/h5-6,9,13H,7-8H2,1-4H3,(H,17,18). The molecular weight excluding hydrogens is 259 g/mol. The monoisotopic (exact) mass is 280 g/mol. The van der Waals surface area contributed by atoms with Gasteiger partial charge in [0.05, 0.1) is 6.04 Å². The van der Waals surface area contributed by atoms with Crippen LogP contribution in [0.4, 0.5) is 10.1 Å². The zero-order valence-electron chi connectivity index (χ0n) is 12.0. The number of benzene rings is 1. The van der Waals surface area contributed by atoms with E-state index in [4.69, 9.17) is 4.99 Å². The van der Waals surface area contributed by atoms with Crippen molar-refractivity contribution in [1.29, 1.82) is 0 Å². The summed E-state index contributed by atoms with van der Waals surface area (Å²) >= 11 is 1.73. The predicted molar refractivity (Wildman–Crippen MR) is 82.5 cm³/mol. The van der Waals surface area contributed by atoms with Gasteiger partial charge in [-0.1, -0.05) is 32.5 Å². The molecule has 0 aromatic heterocycles. The van der Waals surface area contributed by atoms with Crippen molar-refractivity contribution in [3.8, 4) is 0 Å². The minimum absolute atomic E-state index is 0.170. The van der Waals surface area contributed by atoms with Gasteiger partial charge in [0.25, 0.3) is 0 Å². The first kappa shape index (κ1) is 14.4. The molecule has 1 aliphatic rings. The van der Waals surface area contributed by atoms with Crippen molar-refractivity contribution in [3.63, 3.8) is 0 Å². The number of amidine groups is 1. The van der Waals surface area contributed by atoms with Crippen LogP contribution in [-0.2, 0) is 0 Å². The molecule has 0 fully saturated rings. The molecule has 0 saturated heterocycles. The van der Waals surface area contributed by atoms with Crippen molar-refractivity contribution < 1.29 is 4.39 Å². The molecule has 0 spiro atoms. The predicted octanol–water partition coefficient (Wildman–Crippen LogP) is 4.45. The van der Waals surface area contributed by atoms with Gasteiger partial charge in [-0.25, -0.2) is 4.39 Å². The number of hydrogen-bond acceptors (Lipinski definition) is 3. The van der Waals surface area contributed by atoms with Gasteiger partial charge in [-0.2, -0.15) is 0 Å². The van der Waals surface area contributed by atoms with E-state index in [0.29, 0.717) is 11.6 Å². The number of aryl methyl sites for hydroxylation is 1. The van der Waals surface area contributed by atoms with Gasteiger partial charge in [0.1, 0.15) is 5.82 Å². The molecule has 1 N–H and O–H groups in total. The molecule has 4 heteroatoms. The molecule has 1 atom stereocenters. The minimum atomic E-state index is -0.170. The van der Waals surface area contributed by atoms with E-state index >= 15 is 0 Å². The molecule has 1 aromatic carbocycles. The van der Waals surface area contributed by atoms with Gasteiger partial charge in [-0.05, 0) is 42.5 Å². The van der Waals surface area contributed by atoms with Crippen molar-refractivity contribution in [2.75, 3.05) is 11.1 Å². The first-order valence-corrected chi connectivity index (χ1v) is 7.58. The second kappa shape index (κ2) is 5.53. The molecule has 2 nitrogen and oxygen atoms in total. The summed E-state index contributed by atoms with van der Waals surface area (Å²) in [5, 5.41) is 4.24. The van der Waals surface area contributed by atoms with E-state index in [0.717, 1.165) is 23.0 Å². The lowest BCUT2D eigenvalue weighted by Gasteiger charge is -2.31. The summed E-state index contributed by atoms with van der Waals surface area (Å²) in [5.74, 6) is 0.907. The third-order valence-electron chi connectivity index (χ3n) is 3.31. The Balaban J connectivity index is 2.14. The summed E-state index contributed by atoms with van der Waals surface area (Å²) in [4.78, 5) is 4.78. The molecule has 104 valence electrons. The highest BCUT2D eigenvalue weighted by molar-refractivity contribution is 8.14. The zero-order chi connectivity index (χ0) is 14.0. The maximum Gasteiger partial charge on any atom is 0.161 e. The fourth-order valence-electron chi connectivity index (χ4n) is 2.05. The number of halogens is 1. The van der Waals surface area contributed by atoms with Crippen LogP contribution in [-0.4, -0.2) is 17.0 Å². The molecular formula is C15H21FN2S. The highest BCUT2D eigenvalue weighted by Crippen LogP contribution is 2.31. The van der Waals surface area contributed by atoms with Crippen molar-refractivity contribution in [3.05, 3.63) is 29.6 Å². The second-order valence-corrected chi connectivity index (χ2v) is 7.13. The van der Waals surface area contributed by atoms with Crippen LogP contribution in [0.5, 0.6) is 0 Å². The molecule has 0 amide bonds. The van der Waals surface area contributed by atoms with E-state index in [2.05, 4.69) is 26.1 Å². The summed E-state index contributed by atoms with van der Waals surface area (Å²) in [6.07, 6.45) is 1.11. The highest BCUT2D eigenvalue weighted by Gasteiger charge is 2.27. The lowest BCUT2D eigenvalue weighted by molar-refractivity contribution is 0.316. The SMILES string of the molecule is Cc1cc(NC2=NC(C(C)(C)C)CCS2)ccc1F. The Kier molecular flexibility index (Phi) is 4.19. The Labute approximate surface area is 118 Å². The Hall–Kier alpha value is -1.03. The van der Waals surface area contributed by atoms with Crippen LogP contribution in [0.25, 0.3) is 0 Å². The molecule has 0 radical (unpaired) electrons. The topological polar surface area (TPSA) is 24.4 Å². The second-order valence-electron chi connectivity index (χ2n) is 6.04. The first-order chi connectivity index (χ1) is 8.86. The minimum Gasteiger partial charge on any atom is -0.335 e. The fraction of sp³-hybridized carbons (Fsp3) is 0.533. The Morgan fingerprint density at radius 3 is 2.74 bits per heavy atom. The van der Waals surface area contributed by atoms with Crippen LogP contribution in [0.15, 0.2) is 23.2 Å². The third kappa shape index (κ3) is 3.72. The molecule has 1 heterocycles. The fourth-order valence-corrected chi connectivity index (χ4v) is 2.98. The molecule has 0 bridgehead atoms. The molecule has 19 heavy (non-hydrogen) atoms. The van der Waals surface area contributed by atoms with Crippen LogP contribution >= 0.6 is 11.8 Å². The van der Waals surface area contributed by atoms with E-state index in [1.165, 1.54) is 6.07 Å². The molecule has 1 unspecified atom stereocenters. The summed E-state index contributed by atoms with van der Waals surface area (Å²) in [5.41, 5.74) is 1.74. The molecule has 2 rings (SSSR count). The maximum atomic E-state index is 13.2. The van der Waals surface area contributed by atoms with E-state index in [9.17, 15) is 4.39 Å². The lowest BCUT2D eigenvalue weighted by atomic mass is 9.85. The molecule has 0 aliphatic carbocycles. The summed E-state index contributed by atoms with van der Waals surface area (Å²) < 4.78 is 13.2. The summed E-state index contributed by atoms with van der Waals surface area (Å²) in [6, 6.07) is 5.41. The van der Waals surface area contributed by atoms with E-state index < -0.39 is 0 Å². The lowest BCUT2D eigenvalue weighted by Crippen LogP contribution is -2.30. The maximum absolute atomic E-state index is 13.2. The van der Waals surface area contributed by atoms with Crippen molar-refractivity contribution >= 4 is 22.6 Å². The normalized spacial score (nSPS) is 20.1. The number of thioether (sulfide) groups is 1. The Bertz CT molecular complexity index is 491. The van der Waals surface area contributed by atoms with Crippen molar-refractivity contribution in [2.24, 2.45) is 10.4 Å². The van der Waals surface area contributed by atoms with Gasteiger partial charge in [0.15, 0.2) is 5.17 Å². The van der Waals surface area contributed by atoms with Crippen LogP contribution in [0.3, 0.4) is 0 Å². The third-order valence-corrected chi connectivity index (χ3v) is 4.23. The van der Waals surface area contributed by atoms with Gasteiger partial charge >= 0.3 is 0 Å². The van der Waals surface area contributed by atoms with Crippen LogP contribution < -0.4 is 5.32 Å². The van der Waals surface area contributed by atoms with Crippen LogP contribution in [0.2, 0.25) is 0 Å². The van der Waals surface area contributed by atoms with E-state index in [1.807, 2.05) is 6.07 Å². The highest BCUT2D eigenvalue weighted by atomic mass is 32.2. The largest absolute Gasteiger partial charge is 0.335 e. The van der Waals surface area contributed by atoms with Crippen LogP contribution in [0.1, 0.15) is 32.8 Å². The smallest absolute Gasteiger partial charge is 0.161 e. The number of nitrogens with zero attached hydrogens (tertiary/aromatic N) is 1. The molecule has 1 aliphatic heterocycles. The zero-order valence-corrected chi connectivity index (χ0v) is 12.8. The number of aliphatic imine (C=N–C) groups is 1. The van der Waals surface area contributed by atoms with Crippen molar-refractivity contribution in [1.82, 2.24) is 0 Å². The van der Waals surface area contributed by atoms with Gasteiger partial charge < -0.3 is 5.32 Å². The quantitative estimate of drug-likeness (QED) is 0.821. The van der Waals surface area contributed by atoms with E-state index in [-0.39, 0.29) is 11.2 Å².